The number of ether oxygens (including phenoxy) is 1. The van der Waals surface area contributed by atoms with E-state index in [2.05, 4.69) is 13.8 Å². The topological polar surface area (TPSA) is 26.3 Å². The third kappa shape index (κ3) is 5.45. The van der Waals surface area contributed by atoms with Crippen molar-refractivity contribution < 1.29 is 9.53 Å². The van der Waals surface area contributed by atoms with Crippen LogP contribution in [0.25, 0.3) is 0 Å². The summed E-state index contributed by atoms with van der Waals surface area (Å²) in [6, 6.07) is 0. The Bertz CT molecular complexity index is 183. The molecule has 0 bridgehead atoms. The highest BCUT2D eigenvalue weighted by Crippen LogP contribution is 2.06. The lowest BCUT2D eigenvalue weighted by Gasteiger charge is -2.10. The summed E-state index contributed by atoms with van der Waals surface area (Å²) in [6.07, 6.45) is 4.02. The predicted molar refractivity (Wildman–Crippen MR) is 54.5 cm³/mol. The molecule has 1 unspecified atom stereocenters. The number of rotatable bonds is 5. The zero-order valence-electron chi connectivity index (χ0n) is 9.09. The van der Waals surface area contributed by atoms with Gasteiger partial charge in [0.05, 0.1) is 6.61 Å². The Labute approximate surface area is 81.0 Å². The molecule has 0 aromatic carbocycles. The molecule has 2 heteroatoms. The van der Waals surface area contributed by atoms with Crippen molar-refractivity contribution in [2.45, 2.75) is 40.5 Å². The van der Waals surface area contributed by atoms with Crippen molar-refractivity contribution in [3.63, 3.8) is 0 Å². The second-order valence-electron chi connectivity index (χ2n) is 3.46. The number of esters is 1. The minimum absolute atomic E-state index is 0.189. The molecule has 0 aromatic heterocycles. The summed E-state index contributed by atoms with van der Waals surface area (Å²) in [5.41, 5.74) is 0.684. The molecule has 2 nitrogen and oxygen atoms in total. The molecule has 0 N–H and O–H groups in total. The van der Waals surface area contributed by atoms with E-state index < -0.39 is 0 Å². The lowest BCUT2D eigenvalue weighted by molar-refractivity contribution is -0.140. The molecule has 0 radical (unpaired) electrons. The zero-order valence-corrected chi connectivity index (χ0v) is 9.09. The van der Waals surface area contributed by atoms with E-state index in [0.29, 0.717) is 18.1 Å². The van der Waals surface area contributed by atoms with Crippen LogP contribution in [0.4, 0.5) is 0 Å². The van der Waals surface area contributed by atoms with Crippen LogP contribution < -0.4 is 0 Å². The van der Waals surface area contributed by atoms with Crippen LogP contribution in [0.15, 0.2) is 11.6 Å². The molecule has 0 aliphatic rings. The number of hydrogen-bond donors (Lipinski definition) is 0. The van der Waals surface area contributed by atoms with Crippen LogP contribution in [-0.2, 0) is 9.53 Å². The van der Waals surface area contributed by atoms with Crippen molar-refractivity contribution in [2.75, 3.05) is 6.61 Å². The van der Waals surface area contributed by atoms with Crippen molar-refractivity contribution in [2.24, 2.45) is 5.92 Å². The largest absolute Gasteiger partial charge is 0.462 e. The van der Waals surface area contributed by atoms with Crippen molar-refractivity contribution in [1.29, 1.82) is 0 Å². The Balaban J connectivity index is 3.70. The fourth-order valence-corrected chi connectivity index (χ4v) is 1.03. The van der Waals surface area contributed by atoms with Gasteiger partial charge in [0.2, 0.25) is 0 Å². The molecule has 0 heterocycles. The molecule has 13 heavy (non-hydrogen) atoms. The number of allylic oxidation sites excluding steroid dienone is 1. The first-order valence-electron chi connectivity index (χ1n) is 4.91. The standard InChI is InChI=1S/C11H20O2/c1-5-7-9(3)8-13-11(12)10(4)6-2/h6,9H,5,7-8H2,1-4H3/b10-6-. The van der Waals surface area contributed by atoms with Crippen molar-refractivity contribution in [1.82, 2.24) is 0 Å². The molecule has 0 saturated carbocycles. The van der Waals surface area contributed by atoms with Crippen molar-refractivity contribution in [3.05, 3.63) is 11.6 Å². The molecule has 0 saturated heterocycles. The summed E-state index contributed by atoms with van der Waals surface area (Å²) in [4.78, 5) is 11.2. The molecule has 0 spiro atoms. The van der Waals surface area contributed by atoms with Gasteiger partial charge in [0.1, 0.15) is 0 Å². The quantitative estimate of drug-likeness (QED) is 0.485. The van der Waals surface area contributed by atoms with E-state index in [1.54, 1.807) is 13.0 Å². The summed E-state index contributed by atoms with van der Waals surface area (Å²) >= 11 is 0. The number of carbonyl (C=O) groups is 1. The SMILES string of the molecule is C/C=C(/C)C(=O)OCC(C)CCC. The van der Waals surface area contributed by atoms with E-state index in [1.807, 2.05) is 6.92 Å². The Hall–Kier alpha value is -0.790. The molecule has 0 fully saturated rings. The Morgan fingerprint density at radius 1 is 1.54 bits per heavy atom. The van der Waals surface area contributed by atoms with Crippen molar-refractivity contribution >= 4 is 5.97 Å². The molecule has 76 valence electrons. The Morgan fingerprint density at radius 3 is 2.62 bits per heavy atom. The fraction of sp³-hybridized carbons (Fsp3) is 0.727. The van der Waals surface area contributed by atoms with E-state index in [-0.39, 0.29) is 5.97 Å². The van der Waals surface area contributed by atoms with Gasteiger partial charge in [0.25, 0.3) is 0 Å². The minimum Gasteiger partial charge on any atom is -0.462 e. The first-order valence-corrected chi connectivity index (χ1v) is 4.91. The van der Waals surface area contributed by atoms with Gasteiger partial charge in [0.15, 0.2) is 0 Å². The third-order valence-electron chi connectivity index (χ3n) is 2.04. The van der Waals surface area contributed by atoms with Gasteiger partial charge in [-0.1, -0.05) is 26.3 Å². The summed E-state index contributed by atoms with van der Waals surface area (Å²) in [7, 11) is 0. The van der Waals surface area contributed by atoms with Gasteiger partial charge in [-0.15, -0.1) is 0 Å². The molecule has 0 aliphatic carbocycles. The van der Waals surface area contributed by atoms with E-state index in [1.165, 1.54) is 0 Å². The summed E-state index contributed by atoms with van der Waals surface area (Å²) in [5.74, 6) is 0.282. The monoisotopic (exact) mass is 184 g/mol. The highest BCUT2D eigenvalue weighted by atomic mass is 16.5. The van der Waals surface area contributed by atoms with Crippen LogP contribution >= 0.6 is 0 Å². The minimum atomic E-state index is -0.189. The van der Waals surface area contributed by atoms with E-state index in [4.69, 9.17) is 4.74 Å². The van der Waals surface area contributed by atoms with Crippen LogP contribution in [0.2, 0.25) is 0 Å². The van der Waals surface area contributed by atoms with Gasteiger partial charge in [0, 0.05) is 5.57 Å². The number of carbonyl (C=O) groups excluding carboxylic acids is 1. The highest BCUT2D eigenvalue weighted by molar-refractivity contribution is 5.87. The van der Waals surface area contributed by atoms with E-state index in [9.17, 15) is 4.79 Å². The predicted octanol–water partition coefficient (Wildman–Crippen LogP) is 2.93. The third-order valence-corrected chi connectivity index (χ3v) is 2.04. The summed E-state index contributed by atoms with van der Waals surface area (Å²) < 4.78 is 5.10. The smallest absolute Gasteiger partial charge is 0.333 e. The van der Waals surface area contributed by atoms with Crippen LogP contribution in [0.1, 0.15) is 40.5 Å². The van der Waals surface area contributed by atoms with Gasteiger partial charge in [-0.3, -0.25) is 0 Å². The maximum Gasteiger partial charge on any atom is 0.333 e. The van der Waals surface area contributed by atoms with E-state index in [0.717, 1.165) is 12.8 Å². The number of hydrogen-bond acceptors (Lipinski definition) is 2. The van der Waals surface area contributed by atoms with Crippen LogP contribution in [0.3, 0.4) is 0 Å². The van der Waals surface area contributed by atoms with Crippen LogP contribution in [0.5, 0.6) is 0 Å². The molecule has 0 rings (SSSR count). The average molecular weight is 184 g/mol. The van der Waals surface area contributed by atoms with Gasteiger partial charge >= 0.3 is 5.97 Å². The molecule has 0 aliphatic heterocycles. The highest BCUT2D eigenvalue weighted by Gasteiger charge is 2.07. The first kappa shape index (κ1) is 12.2. The van der Waals surface area contributed by atoms with E-state index >= 15 is 0 Å². The molecule has 1 atom stereocenters. The lowest BCUT2D eigenvalue weighted by Crippen LogP contribution is -2.12. The molecule has 0 amide bonds. The molecular formula is C11H20O2. The van der Waals surface area contributed by atoms with Gasteiger partial charge in [-0.25, -0.2) is 4.79 Å². The zero-order chi connectivity index (χ0) is 10.3. The second kappa shape index (κ2) is 6.70. The Kier molecular flexibility index (Phi) is 6.29. The summed E-state index contributed by atoms with van der Waals surface area (Å²) in [6.45, 7) is 8.38. The van der Waals surface area contributed by atoms with Crippen LogP contribution in [0, 0.1) is 5.92 Å². The Morgan fingerprint density at radius 2 is 2.15 bits per heavy atom. The molecular weight excluding hydrogens is 164 g/mol. The average Bonchev–Trinajstić information content (AvgIpc) is 2.13. The van der Waals surface area contributed by atoms with Gasteiger partial charge < -0.3 is 4.74 Å². The van der Waals surface area contributed by atoms with Crippen LogP contribution in [-0.4, -0.2) is 12.6 Å². The van der Waals surface area contributed by atoms with Gasteiger partial charge in [-0.05, 0) is 26.2 Å². The maximum absolute atomic E-state index is 11.2. The van der Waals surface area contributed by atoms with Gasteiger partial charge in [-0.2, -0.15) is 0 Å². The van der Waals surface area contributed by atoms with Crippen molar-refractivity contribution in [3.8, 4) is 0 Å². The fourth-order valence-electron chi connectivity index (χ4n) is 1.03. The lowest BCUT2D eigenvalue weighted by atomic mass is 10.1. The first-order chi connectivity index (χ1) is 6.11. The maximum atomic E-state index is 11.2. The second-order valence-corrected chi connectivity index (χ2v) is 3.46. The summed E-state index contributed by atoms with van der Waals surface area (Å²) in [5, 5.41) is 0. The normalized spacial score (nSPS) is 14.0. The molecule has 0 aromatic rings.